The fraction of sp³-hybridized carbons (Fsp3) is 0.273. The normalized spacial score (nSPS) is 11.8. The van der Waals surface area contributed by atoms with E-state index in [1.54, 1.807) is 23.5 Å². The molecule has 140 valence electrons. The largest absolute Gasteiger partial charge is 0.487 e. The van der Waals surface area contributed by atoms with Gasteiger partial charge in [-0.25, -0.2) is 4.98 Å². The topological polar surface area (TPSA) is 51.2 Å². The molecule has 3 aromatic rings. The van der Waals surface area contributed by atoms with Gasteiger partial charge in [-0.15, -0.1) is 11.3 Å². The van der Waals surface area contributed by atoms with Crippen LogP contribution in [0.25, 0.3) is 0 Å². The van der Waals surface area contributed by atoms with Crippen LogP contribution >= 0.6 is 11.3 Å². The van der Waals surface area contributed by atoms with E-state index in [1.165, 1.54) is 5.56 Å². The van der Waals surface area contributed by atoms with Crippen LogP contribution in [-0.4, -0.2) is 10.9 Å². The molecule has 0 unspecified atom stereocenters. The summed E-state index contributed by atoms with van der Waals surface area (Å²) in [6.07, 6.45) is 0.836. The third-order valence-corrected chi connectivity index (χ3v) is 5.19. The first-order valence-electron chi connectivity index (χ1n) is 9.06. The molecule has 4 nitrogen and oxygen atoms in total. The number of amides is 1. The van der Waals surface area contributed by atoms with Crippen LogP contribution in [0.1, 0.15) is 51.6 Å². The molecule has 1 atom stereocenters. The lowest BCUT2D eigenvalue weighted by molar-refractivity contribution is 0.0935. The van der Waals surface area contributed by atoms with E-state index < -0.39 is 0 Å². The van der Waals surface area contributed by atoms with Crippen molar-refractivity contribution >= 4 is 17.2 Å². The van der Waals surface area contributed by atoms with Crippen molar-refractivity contribution in [2.45, 2.75) is 39.8 Å². The number of carbonyl (C=O) groups excluding carboxylic acids is 1. The van der Waals surface area contributed by atoms with Gasteiger partial charge in [0.1, 0.15) is 12.4 Å². The SMILES string of the molecule is CC[C@@H](NC(=O)c1ccc(OCc2csc(C)n2)cc1)c1ccc(C)cc1. The van der Waals surface area contributed by atoms with Crippen molar-refractivity contribution in [3.8, 4) is 5.75 Å². The number of aryl methyl sites for hydroxylation is 2. The van der Waals surface area contributed by atoms with E-state index in [-0.39, 0.29) is 11.9 Å². The summed E-state index contributed by atoms with van der Waals surface area (Å²) in [6, 6.07) is 15.5. The lowest BCUT2D eigenvalue weighted by atomic mass is 10.0. The maximum Gasteiger partial charge on any atom is 0.251 e. The average Bonchev–Trinajstić information content (AvgIpc) is 3.11. The molecule has 1 heterocycles. The molecule has 0 aliphatic carbocycles. The second-order valence-corrected chi connectivity index (χ2v) is 7.58. The summed E-state index contributed by atoms with van der Waals surface area (Å²) >= 11 is 1.61. The molecule has 0 radical (unpaired) electrons. The number of ether oxygens (including phenoxy) is 1. The monoisotopic (exact) mass is 380 g/mol. The Kier molecular flexibility index (Phi) is 6.24. The predicted molar refractivity (Wildman–Crippen MR) is 109 cm³/mol. The summed E-state index contributed by atoms with van der Waals surface area (Å²) in [4.78, 5) is 17.0. The lowest BCUT2D eigenvalue weighted by Crippen LogP contribution is -2.28. The van der Waals surface area contributed by atoms with Gasteiger partial charge in [0.15, 0.2) is 0 Å². The van der Waals surface area contributed by atoms with Crippen molar-refractivity contribution in [1.82, 2.24) is 10.3 Å². The molecule has 0 bridgehead atoms. The average molecular weight is 381 g/mol. The van der Waals surface area contributed by atoms with Gasteiger partial charge in [0.25, 0.3) is 5.91 Å². The van der Waals surface area contributed by atoms with Crippen LogP contribution in [0.5, 0.6) is 5.75 Å². The van der Waals surface area contributed by atoms with E-state index in [2.05, 4.69) is 48.4 Å². The van der Waals surface area contributed by atoms with Crippen molar-refractivity contribution in [2.75, 3.05) is 0 Å². The molecule has 3 rings (SSSR count). The van der Waals surface area contributed by atoms with Gasteiger partial charge in [0, 0.05) is 10.9 Å². The molecule has 5 heteroatoms. The van der Waals surface area contributed by atoms with E-state index in [9.17, 15) is 4.79 Å². The number of hydrogen-bond donors (Lipinski definition) is 1. The molecule has 1 aromatic heterocycles. The Labute approximate surface area is 164 Å². The Morgan fingerprint density at radius 1 is 1.11 bits per heavy atom. The molecular formula is C22H24N2O2S. The number of benzene rings is 2. The zero-order valence-corrected chi connectivity index (χ0v) is 16.7. The summed E-state index contributed by atoms with van der Waals surface area (Å²) in [5.41, 5.74) is 3.87. The van der Waals surface area contributed by atoms with Crippen molar-refractivity contribution in [3.63, 3.8) is 0 Å². The summed E-state index contributed by atoms with van der Waals surface area (Å²) in [5.74, 6) is 0.645. The van der Waals surface area contributed by atoms with Gasteiger partial charge >= 0.3 is 0 Å². The zero-order valence-electron chi connectivity index (χ0n) is 15.9. The molecule has 0 aliphatic heterocycles. The van der Waals surface area contributed by atoms with Gasteiger partial charge in [-0.2, -0.15) is 0 Å². The highest BCUT2D eigenvalue weighted by Crippen LogP contribution is 2.19. The number of hydrogen-bond acceptors (Lipinski definition) is 4. The fourth-order valence-electron chi connectivity index (χ4n) is 2.80. The Morgan fingerprint density at radius 3 is 2.41 bits per heavy atom. The smallest absolute Gasteiger partial charge is 0.251 e. The Bertz CT molecular complexity index is 885. The van der Waals surface area contributed by atoms with Crippen molar-refractivity contribution < 1.29 is 9.53 Å². The molecule has 27 heavy (non-hydrogen) atoms. The van der Waals surface area contributed by atoms with Crippen molar-refractivity contribution in [2.24, 2.45) is 0 Å². The number of nitrogens with zero attached hydrogens (tertiary/aromatic N) is 1. The first-order valence-corrected chi connectivity index (χ1v) is 9.94. The van der Waals surface area contributed by atoms with Crippen LogP contribution in [0.2, 0.25) is 0 Å². The van der Waals surface area contributed by atoms with Crippen LogP contribution in [0.4, 0.5) is 0 Å². The second kappa shape index (κ2) is 8.82. The summed E-state index contributed by atoms with van der Waals surface area (Å²) < 4.78 is 5.74. The standard InChI is InChI=1S/C22H24N2O2S/c1-4-21(17-7-5-15(2)6-8-17)24-22(25)18-9-11-20(12-10-18)26-13-19-14-27-16(3)23-19/h5-12,14,21H,4,13H2,1-3H3,(H,24,25)/t21-/m1/s1. The highest BCUT2D eigenvalue weighted by Gasteiger charge is 2.14. The Hall–Kier alpha value is -2.66. The quantitative estimate of drug-likeness (QED) is 0.611. The third-order valence-electron chi connectivity index (χ3n) is 4.36. The first-order chi connectivity index (χ1) is 13.0. The van der Waals surface area contributed by atoms with E-state index in [0.29, 0.717) is 12.2 Å². The van der Waals surface area contributed by atoms with E-state index in [4.69, 9.17) is 4.74 Å². The van der Waals surface area contributed by atoms with Gasteiger partial charge in [-0.1, -0.05) is 36.8 Å². The van der Waals surface area contributed by atoms with Crippen molar-refractivity contribution in [3.05, 3.63) is 81.3 Å². The van der Waals surface area contributed by atoms with Crippen LogP contribution in [0, 0.1) is 13.8 Å². The molecular weight excluding hydrogens is 356 g/mol. The number of nitrogens with one attached hydrogen (secondary N) is 1. The van der Waals surface area contributed by atoms with E-state index in [1.807, 2.05) is 24.4 Å². The zero-order chi connectivity index (χ0) is 19.2. The van der Waals surface area contributed by atoms with Gasteiger partial charge in [0.2, 0.25) is 0 Å². The fourth-order valence-corrected chi connectivity index (χ4v) is 3.39. The number of carbonyl (C=O) groups is 1. The summed E-state index contributed by atoms with van der Waals surface area (Å²) in [5, 5.41) is 6.13. The van der Waals surface area contributed by atoms with Gasteiger partial charge in [-0.05, 0) is 50.1 Å². The minimum absolute atomic E-state index is 0.00179. The Morgan fingerprint density at radius 2 is 1.81 bits per heavy atom. The second-order valence-electron chi connectivity index (χ2n) is 6.52. The predicted octanol–water partition coefficient (Wildman–Crippen LogP) is 5.22. The third kappa shape index (κ3) is 5.17. The maximum atomic E-state index is 12.6. The maximum absolute atomic E-state index is 12.6. The molecule has 0 aliphatic rings. The minimum atomic E-state index is -0.0795. The molecule has 1 N–H and O–H groups in total. The molecule has 0 saturated carbocycles. The molecule has 0 saturated heterocycles. The Balaban J connectivity index is 1.60. The van der Waals surface area contributed by atoms with Crippen LogP contribution in [0.15, 0.2) is 53.9 Å². The molecule has 1 amide bonds. The lowest BCUT2D eigenvalue weighted by Gasteiger charge is -2.18. The van der Waals surface area contributed by atoms with E-state index in [0.717, 1.165) is 28.4 Å². The van der Waals surface area contributed by atoms with Crippen molar-refractivity contribution in [1.29, 1.82) is 0 Å². The highest BCUT2D eigenvalue weighted by atomic mass is 32.1. The molecule has 0 fully saturated rings. The van der Waals surface area contributed by atoms with Gasteiger partial charge < -0.3 is 10.1 Å². The molecule has 0 spiro atoms. The number of aromatic nitrogens is 1. The van der Waals surface area contributed by atoms with Gasteiger partial charge in [0.05, 0.1) is 16.7 Å². The van der Waals surface area contributed by atoms with Crippen LogP contribution in [-0.2, 0) is 6.61 Å². The summed E-state index contributed by atoms with van der Waals surface area (Å²) in [6.45, 7) is 6.54. The van der Waals surface area contributed by atoms with E-state index >= 15 is 0 Å². The van der Waals surface area contributed by atoms with Crippen LogP contribution < -0.4 is 10.1 Å². The first kappa shape index (κ1) is 19.1. The number of rotatable bonds is 7. The van der Waals surface area contributed by atoms with Crippen LogP contribution in [0.3, 0.4) is 0 Å². The summed E-state index contributed by atoms with van der Waals surface area (Å²) in [7, 11) is 0. The molecule has 2 aromatic carbocycles. The number of thiazole rings is 1. The highest BCUT2D eigenvalue weighted by molar-refractivity contribution is 7.09. The minimum Gasteiger partial charge on any atom is -0.487 e. The van der Waals surface area contributed by atoms with Gasteiger partial charge in [-0.3, -0.25) is 4.79 Å².